The van der Waals surface area contributed by atoms with Crippen LogP contribution in [0.2, 0.25) is 0 Å². The minimum atomic E-state index is 1.69. The largest absolute Gasteiger partial charge is 0.0696 e. The highest BCUT2D eigenvalue weighted by molar-refractivity contribution is 5.36. The molecule has 0 fully saturated rings. The average molecular weight is 200 g/mol. The maximum absolute atomic E-state index is 2.81. The van der Waals surface area contributed by atoms with E-state index in [9.17, 15) is 0 Å². The molecule has 0 bridgehead atoms. The van der Waals surface area contributed by atoms with E-state index in [0.717, 1.165) is 0 Å². The third-order valence-corrected chi connectivity index (χ3v) is 1.33. The Labute approximate surface area is 96.4 Å². The van der Waals surface area contributed by atoms with Gasteiger partial charge in [0.25, 0.3) is 0 Å². The fraction of sp³-hybridized carbons (Fsp3) is 0. The molecule has 0 aromatic heterocycles. The van der Waals surface area contributed by atoms with Gasteiger partial charge in [-0.25, -0.2) is 0 Å². The van der Waals surface area contributed by atoms with E-state index in [2.05, 4.69) is 47.4 Å². The molecule has 0 atom stereocenters. The van der Waals surface area contributed by atoms with Crippen LogP contribution in [0.1, 0.15) is 0 Å². The maximum atomic E-state index is 2.81. The molecular formula is C16H8. The van der Waals surface area contributed by atoms with Crippen LogP contribution in [0, 0.1) is 47.4 Å². The van der Waals surface area contributed by atoms with Crippen molar-refractivity contribution in [3.8, 4) is 47.4 Å². The molecule has 1 aliphatic carbocycles. The lowest BCUT2D eigenvalue weighted by Crippen LogP contribution is -1.56. The molecule has 0 radical (unpaired) electrons. The quantitative estimate of drug-likeness (QED) is 0.526. The smallest absolute Gasteiger partial charge is 0.00316 e. The van der Waals surface area contributed by atoms with E-state index in [-0.39, 0.29) is 0 Å². The van der Waals surface area contributed by atoms with E-state index in [4.69, 9.17) is 0 Å². The van der Waals surface area contributed by atoms with Gasteiger partial charge in [-0.15, -0.1) is 0 Å². The average Bonchev–Trinajstić information content (AvgIpc) is 2.29. The normalized spacial score (nSPS) is 20.0. The molecule has 1 rings (SSSR count). The summed E-state index contributed by atoms with van der Waals surface area (Å²) in [6, 6.07) is 0. The van der Waals surface area contributed by atoms with Gasteiger partial charge in [0.2, 0.25) is 0 Å². The van der Waals surface area contributed by atoms with Crippen molar-refractivity contribution in [2.24, 2.45) is 0 Å². The molecule has 0 heterocycles. The summed E-state index contributed by atoms with van der Waals surface area (Å²) < 4.78 is 0. The third-order valence-electron chi connectivity index (χ3n) is 1.33. The SMILES string of the molecule is C1#C/C=C\C#C/C=C\C#C/C=C\C#C/C=C\1. The van der Waals surface area contributed by atoms with Gasteiger partial charge in [0.1, 0.15) is 0 Å². The second-order valence-corrected chi connectivity index (χ2v) is 2.49. The maximum Gasteiger partial charge on any atom is -0.00316 e. The predicted molar refractivity (Wildman–Crippen MR) is 67.7 cm³/mol. The first-order valence-electron chi connectivity index (χ1n) is 4.64. The third kappa shape index (κ3) is 6.69. The zero-order chi connectivity index (χ0) is 11.3. The Balaban J connectivity index is 2.82. The molecular weight excluding hydrogens is 192 g/mol. The lowest BCUT2D eigenvalue weighted by atomic mass is 10.4. The Kier molecular flexibility index (Phi) is 6.19. The molecule has 0 heteroatoms. The molecule has 0 aromatic rings. The first-order chi connectivity index (χ1) is 8.00. The minimum Gasteiger partial charge on any atom is -0.0696 e. The summed E-state index contributed by atoms with van der Waals surface area (Å²) in [5, 5.41) is 0. The van der Waals surface area contributed by atoms with Crippen molar-refractivity contribution < 1.29 is 0 Å². The number of rotatable bonds is 0. The van der Waals surface area contributed by atoms with Crippen LogP contribution in [0.4, 0.5) is 0 Å². The second kappa shape index (κ2) is 8.78. The number of hydrogen-bond acceptors (Lipinski definition) is 0. The molecule has 0 unspecified atom stereocenters. The van der Waals surface area contributed by atoms with Crippen LogP contribution >= 0.6 is 0 Å². The van der Waals surface area contributed by atoms with Crippen LogP contribution in [-0.4, -0.2) is 0 Å². The zero-order valence-corrected chi connectivity index (χ0v) is 8.62. The molecule has 0 N–H and O–H groups in total. The highest BCUT2D eigenvalue weighted by Crippen LogP contribution is 1.74. The van der Waals surface area contributed by atoms with E-state index in [1.54, 1.807) is 48.6 Å². The Bertz CT molecular complexity index is 425. The van der Waals surface area contributed by atoms with E-state index < -0.39 is 0 Å². The lowest BCUT2D eigenvalue weighted by Gasteiger charge is -1.68. The molecule has 0 aliphatic heterocycles. The van der Waals surface area contributed by atoms with Gasteiger partial charge in [-0.2, -0.15) is 0 Å². The van der Waals surface area contributed by atoms with Gasteiger partial charge in [-0.3, -0.25) is 0 Å². The lowest BCUT2D eigenvalue weighted by molar-refractivity contribution is 2.03. The van der Waals surface area contributed by atoms with Crippen molar-refractivity contribution >= 4 is 0 Å². The molecule has 0 saturated carbocycles. The van der Waals surface area contributed by atoms with Gasteiger partial charge in [0.15, 0.2) is 0 Å². The molecule has 0 spiro atoms. The van der Waals surface area contributed by atoms with Crippen LogP contribution in [0.5, 0.6) is 0 Å². The summed E-state index contributed by atoms with van der Waals surface area (Å²) >= 11 is 0. The molecule has 72 valence electrons. The van der Waals surface area contributed by atoms with Crippen LogP contribution in [0.25, 0.3) is 0 Å². The Morgan fingerprint density at radius 3 is 0.500 bits per heavy atom. The number of hydrogen-bond donors (Lipinski definition) is 0. The molecule has 0 saturated heterocycles. The minimum absolute atomic E-state index is 1.69. The monoisotopic (exact) mass is 200 g/mol. The fourth-order valence-corrected chi connectivity index (χ4v) is 0.718. The first kappa shape index (κ1) is 11.3. The molecule has 0 nitrogen and oxygen atoms in total. The molecule has 0 aromatic carbocycles. The fourth-order valence-electron chi connectivity index (χ4n) is 0.718. The standard InChI is InChI=1S/C16H8/c1-2-4-6-8-10-12-14-16-15-13-11-9-7-5-3-1/h1-2,7-10,15-16H/b2-1-,9-7-,10-8-,16-15-. The predicted octanol–water partition coefficient (Wildman–Crippen LogP) is 2.24. The van der Waals surface area contributed by atoms with E-state index >= 15 is 0 Å². The van der Waals surface area contributed by atoms with Gasteiger partial charge >= 0.3 is 0 Å². The van der Waals surface area contributed by atoms with Crippen LogP contribution in [0.15, 0.2) is 48.6 Å². The molecule has 16 heavy (non-hydrogen) atoms. The highest BCUT2D eigenvalue weighted by atomic mass is 13.7. The van der Waals surface area contributed by atoms with E-state index in [1.807, 2.05) is 0 Å². The molecule has 0 amide bonds. The van der Waals surface area contributed by atoms with Crippen LogP contribution < -0.4 is 0 Å². The Morgan fingerprint density at radius 1 is 0.250 bits per heavy atom. The van der Waals surface area contributed by atoms with Gasteiger partial charge < -0.3 is 0 Å². The van der Waals surface area contributed by atoms with Crippen molar-refractivity contribution in [3.05, 3.63) is 48.6 Å². The van der Waals surface area contributed by atoms with E-state index in [0.29, 0.717) is 0 Å². The van der Waals surface area contributed by atoms with Crippen molar-refractivity contribution in [3.63, 3.8) is 0 Å². The van der Waals surface area contributed by atoms with Gasteiger partial charge in [-0.1, -0.05) is 47.4 Å². The topological polar surface area (TPSA) is 0 Å². The summed E-state index contributed by atoms with van der Waals surface area (Å²) in [4.78, 5) is 0. The summed E-state index contributed by atoms with van der Waals surface area (Å²) in [5.41, 5.74) is 0. The van der Waals surface area contributed by atoms with Crippen molar-refractivity contribution in [1.29, 1.82) is 0 Å². The Hall–Kier alpha value is -2.80. The molecule has 1 aliphatic rings. The summed E-state index contributed by atoms with van der Waals surface area (Å²) in [6.45, 7) is 0. The van der Waals surface area contributed by atoms with Crippen LogP contribution in [0.3, 0.4) is 0 Å². The van der Waals surface area contributed by atoms with Crippen molar-refractivity contribution in [2.45, 2.75) is 0 Å². The van der Waals surface area contributed by atoms with Crippen LogP contribution in [-0.2, 0) is 0 Å². The summed E-state index contributed by atoms with van der Waals surface area (Å²) in [6.07, 6.45) is 13.5. The van der Waals surface area contributed by atoms with Crippen molar-refractivity contribution in [1.82, 2.24) is 0 Å². The van der Waals surface area contributed by atoms with E-state index in [1.165, 1.54) is 0 Å². The van der Waals surface area contributed by atoms with Crippen molar-refractivity contribution in [2.75, 3.05) is 0 Å². The zero-order valence-electron chi connectivity index (χ0n) is 8.62. The van der Waals surface area contributed by atoms with Gasteiger partial charge in [0.05, 0.1) is 0 Å². The highest BCUT2D eigenvalue weighted by Gasteiger charge is 1.62. The second-order valence-electron chi connectivity index (χ2n) is 2.49. The van der Waals surface area contributed by atoms with Gasteiger partial charge in [0, 0.05) is 0 Å². The first-order valence-corrected chi connectivity index (χ1v) is 4.64. The summed E-state index contributed by atoms with van der Waals surface area (Å²) in [5.74, 6) is 22.5. The Morgan fingerprint density at radius 2 is 0.375 bits per heavy atom. The van der Waals surface area contributed by atoms with Gasteiger partial charge in [-0.05, 0) is 48.6 Å². The summed E-state index contributed by atoms with van der Waals surface area (Å²) in [7, 11) is 0. The number of allylic oxidation sites excluding steroid dienone is 8.